The molecule has 1 aromatic heterocycles. The first-order valence-electron chi connectivity index (χ1n) is 7.73. The summed E-state index contributed by atoms with van der Waals surface area (Å²) in [6.07, 6.45) is 0. The van der Waals surface area contributed by atoms with Gasteiger partial charge in [-0.3, -0.25) is 14.9 Å². The van der Waals surface area contributed by atoms with Crippen molar-refractivity contribution in [3.8, 4) is 5.75 Å². The second-order valence-corrected chi connectivity index (χ2v) is 7.11. The molecule has 0 saturated heterocycles. The van der Waals surface area contributed by atoms with E-state index in [9.17, 15) is 14.9 Å². The van der Waals surface area contributed by atoms with Crippen molar-refractivity contribution in [1.82, 2.24) is 10.2 Å². The highest BCUT2D eigenvalue weighted by atomic mass is 35.5. The summed E-state index contributed by atoms with van der Waals surface area (Å²) >= 11 is 12.9. The van der Waals surface area contributed by atoms with Crippen molar-refractivity contribution < 1.29 is 18.9 Å². The molecule has 0 unspecified atom stereocenters. The Balaban J connectivity index is 1.55. The zero-order valence-electron chi connectivity index (χ0n) is 14.0. The number of aromatic nitrogens is 2. The summed E-state index contributed by atoms with van der Waals surface area (Å²) < 4.78 is 10.9. The van der Waals surface area contributed by atoms with Crippen molar-refractivity contribution in [1.29, 1.82) is 0 Å². The Morgan fingerprint density at radius 2 is 2.04 bits per heavy atom. The predicted molar refractivity (Wildman–Crippen MR) is 103 cm³/mol. The molecule has 0 amide bonds. The van der Waals surface area contributed by atoms with Gasteiger partial charge in [-0.25, -0.2) is 0 Å². The van der Waals surface area contributed by atoms with Crippen LogP contribution in [0.5, 0.6) is 5.75 Å². The summed E-state index contributed by atoms with van der Waals surface area (Å²) in [4.78, 5) is 22.4. The molecule has 0 radical (unpaired) electrons. The van der Waals surface area contributed by atoms with E-state index in [0.29, 0.717) is 15.8 Å². The summed E-state index contributed by atoms with van der Waals surface area (Å²) in [5.41, 5.74) is 0.0936. The minimum absolute atomic E-state index is 0.00621. The van der Waals surface area contributed by atoms with Gasteiger partial charge in [0, 0.05) is 22.7 Å². The lowest BCUT2D eigenvalue weighted by molar-refractivity contribution is -0.384. The highest BCUT2D eigenvalue weighted by molar-refractivity contribution is 7.99. The smallest absolute Gasteiger partial charge is 0.277 e. The maximum absolute atomic E-state index is 12.2. The first-order chi connectivity index (χ1) is 13.4. The molecule has 0 N–H and O–H groups in total. The number of benzene rings is 2. The number of nitrogens with zero attached hydrogens (tertiary/aromatic N) is 3. The number of nitro benzene ring substituents is 1. The van der Waals surface area contributed by atoms with E-state index in [1.807, 2.05) is 0 Å². The maximum Gasteiger partial charge on any atom is 0.277 e. The van der Waals surface area contributed by atoms with Crippen molar-refractivity contribution in [3.63, 3.8) is 0 Å². The van der Waals surface area contributed by atoms with E-state index in [4.69, 9.17) is 32.4 Å². The Labute approximate surface area is 173 Å². The number of hydrogen-bond donors (Lipinski definition) is 0. The van der Waals surface area contributed by atoms with Crippen molar-refractivity contribution in [3.05, 3.63) is 74.1 Å². The third-order valence-corrected chi connectivity index (χ3v) is 4.75. The number of ether oxygens (including phenoxy) is 1. The number of hydrogen-bond acceptors (Lipinski definition) is 8. The van der Waals surface area contributed by atoms with E-state index in [0.717, 1.165) is 11.8 Å². The average Bonchev–Trinajstić information content (AvgIpc) is 3.13. The molecule has 2 aromatic carbocycles. The Morgan fingerprint density at radius 1 is 1.21 bits per heavy atom. The van der Waals surface area contributed by atoms with Crippen LogP contribution in [0.15, 0.2) is 52.1 Å². The zero-order valence-corrected chi connectivity index (χ0v) is 16.3. The first kappa shape index (κ1) is 20.1. The number of thioether (sulfide) groups is 1. The van der Waals surface area contributed by atoms with E-state index in [-0.39, 0.29) is 40.5 Å². The summed E-state index contributed by atoms with van der Waals surface area (Å²) in [6.45, 7) is -0.00621. The number of non-ortho nitro benzene ring substituents is 1. The number of carbonyl (C=O) groups excluding carboxylic acids is 1. The molecule has 3 aromatic rings. The molecule has 0 fully saturated rings. The molecule has 8 nitrogen and oxygen atoms in total. The Hall–Kier alpha value is -2.62. The topological polar surface area (TPSA) is 108 Å². The number of Topliss-reactive ketones (excluding diaryl/α,β-unsaturated/α-hetero) is 1. The quantitative estimate of drug-likeness (QED) is 0.212. The van der Waals surface area contributed by atoms with Crippen LogP contribution in [0.2, 0.25) is 10.0 Å². The molecule has 0 atom stereocenters. The number of rotatable bonds is 8. The molecule has 1 heterocycles. The van der Waals surface area contributed by atoms with E-state index >= 15 is 0 Å². The normalized spacial score (nSPS) is 10.6. The van der Waals surface area contributed by atoms with Crippen molar-refractivity contribution in [2.75, 3.05) is 5.75 Å². The Morgan fingerprint density at radius 3 is 2.79 bits per heavy atom. The largest absolute Gasteiger partial charge is 0.482 e. The molecule has 0 saturated carbocycles. The predicted octanol–water partition coefficient (Wildman–Crippen LogP) is 4.84. The van der Waals surface area contributed by atoms with Crippen LogP contribution in [0.4, 0.5) is 5.69 Å². The van der Waals surface area contributed by atoms with Gasteiger partial charge in [0.2, 0.25) is 0 Å². The minimum atomic E-state index is -0.554. The van der Waals surface area contributed by atoms with Gasteiger partial charge in [-0.15, -0.1) is 10.2 Å². The third kappa shape index (κ3) is 5.22. The van der Waals surface area contributed by atoms with Gasteiger partial charge < -0.3 is 9.15 Å². The van der Waals surface area contributed by atoms with Gasteiger partial charge in [0.05, 0.1) is 15.7 Å². The zero-order chi connectivity index (χ0) is 20.1. The summed E-state index contributed by atoms with van der Waals surface area (Å²) in [6, 6.07) is 10.3. The van der Waals surface area contributed by atoms with Crippen molar-refractivity contribution in [2.24, 2.45) is 0 Å². The van der Waals surface area contributed by atoms with Gasteiger partial charge >= 0.3 is 0 Å². The molecular weight excluding hydrogens is 429 g/mol. The van der Waals surface area contributed by atoms with Crippen LogP contribution in [0.25, 0.3) is 0 Å². The average molecular weight is 440 g/mol. The van der Waals surface area contributed by atoms with Gasteiger partial charge in [-0.2, -0.15) is 0 Å². The molecule has 28 heavy (non-hydrogen) atoms. The van der Waals surface area contributed by atoms with Crippen LogP contribution in [-0.2, 0) is 6.61 Å². The summed E-state index contributed by atoms with van der Waals surface area (Å²) in [5, 5.41) is 19.5. The van der Waals surface area contributed by atoms with E-state index < -0.39 is 4.92 Å². The van der Waals surface area contributed by atoms with Crippen LogP contribution in [-0.4, -0.2) is 26.7 Å². The summed E-state index contributed by atoms with van der Waals surface area (Å²) in [7, 11) is 0. The van der Waals surface area contributed by atoms with Gasteiger partial charge in [0.1, 0.15) is 5.75 Å². The summed E-state index contributed by atoms with van der Waals surface area (Å²) in [5.74, 6) is 0.320. The molecule has 0 aliphatic rings. The monoisotopic (exact) mass is 439 g/mol. The fourth-order valence-electron chi connectivity index (χ4n) is 2.09. The number of halogens is 2. The second-order valence-electron chi connectivity index (χ2n) is 5.34. The molecule has 11 heteroatoms. The third-order valence-electron chi connectivity index (χ3n) is 3.40. The van der Waals surface area contributed by atoms with E-state index in [2.05, 4.69) is 10.2 Å². The molecule has 0 spiro atoms. The molecule has 144 valence electrons. The van der Waals surface area contributed by atoms with Crippen LogP contribution in [0.1, 0.15) is 16.2 Å². The molecule has 0 bridgehead atoms. The molecule has 0 aliphatic heterocycles. The molecular formula is C17H11Cl2N3O5S. The number of carbonyl (C=O) groups is 1. The lowest BCUT2D eigenvalue weighted by Crippen LogP contribution is -2.03. The maximum atomic E-state index is 12.2. The fourth-order valence-corrected chi connectivity index (χ4v) is 3.23. The fraction of sp³-hybridized carbons (Fsp3) is 0.118. The van der Waals surface area contributed by atoms with Crippen LogP contribution in [0.3, 0.4) is 0 Å². The minimum Gasteiger partial charge on any atom is -0.482 e. The van der Waals surface area contributed by atoms with Gasteiger partial charge in [0.25, 0.3) is 16.8 Å². The van der Waals surface area contributed by atoms with Crippen LogP contribution >= 0.6 is 35.0 Å². The highest BCUT2D eigenvalue weighted by Crippen LogP contribution is 2.28. The molecule has 3 rings (SSSR count). The lowest BCUT2D eigenvalue weighted by atomic mass is 10.1. The van der Waals surface area contributed by atoms with E-state index in [1.165, 1.54) is 24.3 Å². The van der Waals surface area contributed by atoms with Crippen molar-refractivity contribution in [2.45, 2.75) is 11.8 Å². The Bertz CT molecular complexity index is 1030. The number of nitro groups is 1. The van der Waals surface area contributed by atoms with Crippen LogP contribution in [0, 0.1) is 10.1 Å². The van der Waals surface area contributed by atoms with Gasteiger partial charge in [-0.1, -0.05) is 47.1 Å². The van der Waals surface area contributed by atoms with Crippen LogP contribution < -0.4 is 4.74 Å². The number of ketones is 1. The highest BCUT2D eigenvalue weighted by Gasteiger charge is 2.15. The second kappa shape index (κ2) is 9.05. The van der Waals surface area contributed by atoms with E-state index in [1.54, 1.807) is 18.2 Å². The Kier molecular flexibility index (Phi) is 6.50. The standard InChI is InChI=1S/C17H11Cl2N3O5S/c18-11-4-5-15(13(19)7-11)26-8-16-20-21-17(27-16)28-9-14(23)10-2-1-3-12(6-10)22(24)25/h1-7H,8-9H2. The van der Waals surface area contributed by atoms with Gasteiger partial charge in [-0.05, 0) is 18.2 Å². The lowest BCUT2D eigenvalue weighted by Gasteiger charge is -2.05. The first-order valence-corrected chi connectivity index (χ1v) is 9.47. The SMILES string of the molecule is O=C(CSc1nnc(COc2ccc(Cl)cc2Cl)o1)c1cccc([N+](=O)[O-])c1. The van der Waals surface area contributed by atoms with Gasteiger partial charge in [0.15, 0.2) is 12.4 Å². The van der Waals surface area contributed by atoms with Crippen molar-refractivity contribution >= 4 is 46.4 Å². The molecule has 0 aliphatic carbocycles.